The van der Waals surface area contributed by atoms with Crippen LogP contribution in [-0.2, 0) is 13.0 Å². The Bertz CT molecular complexity index is 756. The number of nitrogens with one attached hydrogen (secondary N) is 1. The fraction of sp³-hybridized carbons (Fsp3) is 0.235. The van der Waals surface area contributed by atoms with Crippen molar-refractivity contribution in [2.75, 3.05) is 0 Å². The molecule has 1 heterocycles. The molecule has 0 aliphatic rings. The molecule has 1 aromatic heterocycles. The van der Waals surface area contributed by atoms with E-state index < -0.39 is 0 Å². The van der Waals surface area contributed by atoms with Crippen LogP contribution in [0.3, 0.4) is 0 Å². The molecule has 0 saturated carbocycles. The van der Waals surface area contributed by atoms with Crippen LogP contribution in [0, 0.1) is 13.8 Å². The van der Waals surface area contributed by atoms with Gasteiger partial charge < -0.3 is 10.7 Å². The van der Waals surface area contributed by atoms with Crippen LogP contribution >= 0.6 is 0 Å². The molecule has 0 aliphatic heterocycles. The fourth-order valence-corrected chi connectivity index (χ4v) is 2.49. The molecule has 3 N–H and O–H groups in total. The van der Waals surface area contributed by atoms with Crippen molar-refractivity contribution in [2.45, 2.75) is 26.8 Å². The Morgan fingerprint density at radius 3 is 2.75 bits per heavy atom. The highest BCUT2D eigenvalue weighted by Crippen LogP contribution is 2.18. The summed E-state index contributed by atoms with van der Waals surface area (Å²) in [6, 6.07) is 12.7. The first kappa shape index (κ1) is 12.9. The molecule has 20 heavy (non-hydrogen) atoms. The molecule has 0 spiro atoms. The summed E-state index contributed by atoms with van der Waals surface area (Å²) in [6.07, 6.45) is 0.833. The first-order chi connectivity index (χ1) is 9.65. The predicted octanol–water partition coefficient (Wildman–Crippen LogP) is 3.23. The zero-order valence-electron chi connectivity index (χ0n) is 11.9. The van der Waals surface area contributed by atoms with Gasteiger partial charge in [-0.25, -0.2) is 4.98 Å². The Balaban J connectivity index is 1.96. The molecule has 0 fully saturated rings. The van der Waals surface area contributed by atoms with Gasteiger partial charge in [-0.15, -0.1) is 0 Å². The van der Waals surface area contributed by atoms with Gasteiger partial charge in [0, 0.05) is 13.0 Å². The SMILES string of the molecule is Cc1ccc(C)c(Cc2nc3ccc(CN)cc3[nH]2)c1. The Kier molecular flexibility index (Phi) is 3.28. The van der Waals surface area contributed by atoms with Gasteiger partial charge in [-0.05, 0) is 42.7 Å². The third-order valence-corrected chi connectivity index (χ3v) is 3.69. The maximum atomic E-state index is 5.67. The number of hydrogen-bond donors (Lipinski definition) is 2. The highest BCUT2D eigenvalue weighted by Gasteiger charge is 2.06. The predicted molar refractivity (Wildman–Crippen MR) is 82.7 cm³/mol. The maximum Gasteiger partial charge on any atom is 0.111 e. The summed E-state index contributed by atoms with van der Waals surface area (Å²) < 4.78 is 0. The highest BCUT2D eigenvalue weighted by atomic mass is 14.9. The molecule has 0 unspecified atom stereocenters. The molecule has 0 amide bonds. The van der Waals surface area contributed by atoms with Crippen molar-refractivity contribution < 1.29 is 0 Å². The van der Waals surface area contributed by atoms with Crippen molar-refractivity contribution in [3.8, 4) is 0 Å². The quantitative estimate of drug-likeness (QED) is 0.764. The van der Waals surface area contributed by atoms with Crippen LogP contribution in [-0.4, -0.2) is 9.97 Å². The van der Waals surface area contributed by atoms with Crippen LogP contribution in [0.15, 0.2) is 36.4 Å². The topological polar surface area (TPSA) is 54.7 Å². The molecule has 2 aromatic carbocycles. The van der Waals surface area contributed by atoms with Crippen molar-refractivity contribution in [3.63, 3.8) is 0 Å². The summed E-state index contributed by atoms with van der Waals surface area (Å²) in [6.45, 7) is 4.82. The standard InChI is InChI=1S/C17H19N3/c1-11-3-4-12(2)14(7-11)9-17-19-15-6-5-13(10-18)8-16(15)20-17/h3-8H,9-10,18H2,1-2H3,(H,19,20). The Labute approximate surface area is 118 Å². The highest BCUT2D eigenvalue weighted by molar-refractivity contribution is 5.76. The molecule has 0 atom stereocenters. The number of fused-ring (bicyclic) bond motifs is 1. The average Bonchev–Trinajstić information content (AvgIpc) is 2.84. The van der Waals surface area contributed by atoms with Crippen LogP contribution < -0.4 is 5.73 Å². The van der Waals surface area contributed by atoms with Crippen molar-refractivity contribution in [3.05, 3.63) is 64.5 Å². The Morgan fingerprint density at radius 1 is 1.10 bits per heavy atom. The third-order valence-electron chi connectivity index (χ3n) is 3.69. The van der Waals surface area contributed by atoms with Crippen molar-refractivity contribution >= 4 is 11.0 Å². The summed E-state index contributed by atoms with van der Waals surface area (Å²) in [5.74, 6) is 1.00. The number of rotatable bonds is 3. The minimum Gasteiger partial charge on any atom is -0.342 e. The number of benzene rings is 2. The normalized spacial score (nSPS) is 11.2. The maximum absolute atomic E-state index is 5.67. The van der Waals surface area contributed by atoms with Gasteiger partial charge in [-0.1, -0.05) is 29.8 Å². The molecule has 3 rings (SSSR count). The second kappa shape index (κ2) is 5.10. The summed E-state index contributed by atoms with van der Waals surface area (Å²) >= 11 is 0. The van der Waals surface area contributed by atoms with E-state index in [-0.39, 0.29) is 0 Å². The van der Waals surface area contributed by atoms with Crippen molar-refractivity contribution in [1.29, 1.82) is 0 Å². The van der Waals surface area contributed by atoms with Gasteiger partial charge in [0.25, 0.3) is 0 Å². The fourth-order valence-electron chi connectivity index (χ4n) is 2.49. The largest absolute Gasteiger partial charge is 0.342 e. The molecule has 0 saturated heterocycles. The summed E-state index contributed by atoms with van der Waals surface area (Å²) in [5, 5.41) is 0. The van der Waals surface area contributed by atoms with Gasteiger partial charge in [-0.2, -0.15) is 0 Å². The lowest BCUT2D eigenvalue weighted by Crippen LogP contribution is -1.95. The van der Waals surface area contributed by atoms with E-state index in [0.717, 1.165) is 28.8 Å². The van der Waals surface area contributed by atoms with E-state index in [1.165, 1.54) is 16.7 Å². The second-order valence-corrected chi connectivity index (χ2v) is 5.35. The minimum atomic E-state index is 0.557. The van der Waals surface area contributed by atoms with Crippen LogP contribution in [0.1, 0.15) is 28.1 Å². The smallest absolute Gasteiger partial charge is 0.111 e. The third kappa shape index (κ3) is 2.45. The summed E-state index contributed by atoms with van der Waals surface area (Å²) in [4.78, 5) is 8.06. The zero-order valence-corrected chi connectivity index (χ0v) is 11.9. The van der Waals surface area contributed by atoms with E-state index >= 15 is 0 Å². The Hall–Kier alpha value is -2.13. The van der Waals surface area contributed by atoms with Crippen LogP contribution in [0.25, 0.3) is 11.0 Å². The monoisotopic (exact) mass is 265 g/mol. The van der Waals surface area contributed by atoms with E-state index in [4.69, 9.17) is 5.73 Å². The number of H-pyrrole nitrogens is 1. The summed E-state index contributed by atoms with van der Waals surface area (Å²) in [7, 11) is 0. The van der Waals surface area contributed by atoms with Crippen LogP contribution in [0.4, 0.5) is 0 Å². The molecule has 102 valence electrons. The molecule has 3 aromatic rings. The number of nitrogens with zero attached hydrogens (tertiary/aromatic N) is 1. The molecule has 0 bridgehead atoms. The minimum absolute atomic E-state index is 0.557. The Morgan fingerprint density at radius 2 is 1.95 bits per heavy atom. The first-order valence-corrected chi connectivity index (χ1v) is 6.89. The molecule has 0 aliphatic carbocycles. The van der Waals surface area contributed by atoms with Gasteiger partial charge in [0.05, 0.1) is 11.0 Å². The van der Waals surface area contributed by atoms with Gasteiger partial charge in [0.15, 0.2) is 0 Å². The van der Waals surface area contributed by atoms with E-state index in [1.54, 1.807) is 0 Å². The van der Waals surface area contributed by atoms with E-state index in [2.05, 4.69) is 48.1 Å². The van der Waals surface area contributed by atoms with Gasteiger partial charge >= 0.3 is 0 Å². The zero-order chi connectivity index (χ0) is 14.1. The summed E-state index contributed by atoms with van der Waals surface area (Å²) in [5.41, 5.74) is 12.8. The van der Waals surface area contributed by atoms with E-state index in [0.29, 0.717) is 6.54 Å². The number of imidazole rings is 1. The molecule has 3 nitrogen and oxygen atoms in total. The van der Waals surface area contributed by atoms with Gasteiger partial charge in [0.1, 0.15) is 5.82 Å². The van der Waals surface area contributed by atoms with Gasteiger partial charge in [0.2, 0.25) is 0 Å². The number of aromatic amines is 1. The van der Waals surface area contributed by atoms with Crippen molar-refractivity contribution in [2.24, 2.45) is 5.73 Å². The molecular formula is C17H19N3. The number of nitrogens with two attached hydrogens (primary N) is 1. The lowest BCUT2D eigenvalue weighted by Gasteiger charge is -2.04. The second-order valence-electron chi connectivity index (χ2n) is 5.35. The first-order valence-electron chi connectivity index (χ1n) is 6.89. The lowest BCUT2D eigenvalue weighted by atomic mass is 10.0. The van der Waals surface area contributed by atoms with E-state index in [9.17, 15) is 0 Å². The van der Waals surface area contributed by atoms with E-state index in [1.807, 2.05) is 12.1 Å². The molecular weight excluding hydrogens is 246 g/mol. The van der Waals surface area contributed by atoms with Gasteiger partial charge in [-0.3, -0.25) is 0 Å². The number of hydrogen-bond acceptors (Lipinski definition) is 2. The number of aryl methyl sites for hydroxylation is 2. The molecule has 3 heteroatoms. The lowest BCUT2D eigenvalue weighted by molar-refractivity contribution is 1.02. The van der Waals surface area contributed by atoms with Crippen LogP contribution in [0.2, 0.25) is 0 Å². The number of aromatic nitrogens is 2. The van der Waals surface area contributed by atoms with Crippen molar-refractivity contribution in [1.82, 2.24) is 9.97 Å². The van der Waals surface area contributed by atoms with Crippen LogP contribution in [0.5, 0.6) is 0 Å². The average molecular weight is 265 g/mol. The molecule has 0 radical (unpaired) electrons.